The summed E-state index contributed by atoms with van der Waals surface area (Å²) in [5, 5.41) is 18.8. The third kappa shape index (κ3) is 7.55. The average Bonchev–Trinajstić information content (AvgIpc) is 3.01. The second-order valence-electron chi connectivity index (χ2n) is 12.2. The highest BCUT2D eigenvalue weighted by Crippen LogP contribution is 2.38. The maximum Gasteiger partial charge on any atom is 0.410 e. The summed E-state index contributed by atoms with van der Waals surface area (Å²) in [7, 11) is 0. The van der Waals surface area contributed by atoms with Crippen LogP contribution in [0.3, 0.4) is 0 Å². The molecule has 10 heteroatoms. The van der Waals surface area contributed by atoms with Crippen molar-refractivity contribution >= 4 is 28.5 Å². The van der Waals surface area contributed by atoms with Gasteiger partial charge < -0.3 is 30.1 Å². The summed E-state index contributed by atoms with van der Waals surface area (Å²) in [5.74, 6) is 1.61. The van der Waals surface area contributed by atoms with Crippen LogP contribution in [0.15, 0.2) is 60.9 Å². The molecule has 2 aromatic heterocycles. The van der Waals surface area contributed by atoms with Crippen LogP contribution in [0.2, 0.25) is 0 Å². The summed E-state index contributed by atoms with van der Waals surface area (Å²) in [6, 6.07) is 15.7. The molecule has 1 saturated heterocycles. The number of ether oxygens (including phenoxy) is 2. The lowest BCUT2D eigenvalue weighted by molar-refractivity contribution is 0.0206. The Labute approximate surface area is 258 Å². The van der Waals surface area contributed by atoms with Gasteiger partial charge in [0.1, 0.15) is 11.4 Å². The standard InChI is InChI=1S/C34H42N6O4/c1-6-24(41)20-37-28-13-7-11-26-25(28)15-14-22(2)30(26)43-31-27(12-8-17-35-31)29-16-18-36-32(39-29)38-23-10-9-19-40(21-23)33(42)44-34(3,4)5/h7-8,11-18,23-24,37,41H,6,9-10,19-21H2,1-5H3,(H,36,38,39)/t23-,24?/m0/s1. The fourth-order valence-corrected chi connectivity index (χ4v) is 5.21. The van der Waals surface area contributed by atoms with E-state index < -0.39 is 11.7 Å². The maximum atomic E-state index is 12.6. The molecule has 2 aromatic carbocycles. The van der Waals surface area contributed by atoms with Crippen LogP contribution in [0, 0.1) is 6.92 Å². The number of fused-ring (bicyclic) bond motifs is 1. The molecule has 44 heavy (non-hydrogen) atoms. The molecule has 1 aliphatic heterocycles. The number of piperidine rings is 1. The lowest BCUT2D eigenvalue weighted by atomic mass is 10.0. The molecule has 5 rings (SSSR count). The highest BCUT2D eigenvalue weighted by Gasteiger charge is 2.28. The molecule has 4 aromatic rings. The molecular formula is C34H42N6O4. The van der Waals surface area contributed by atoms with Crippen molar-refractivity contribution in [3.05, 3.63) is 66.5 Å². The molecule has 1 unspecified atom stereocenters. The molecule has 1 aliphatic rings. The Bertz CT molecular complexity index is 1600. The number of aryl methyl sites for hydroxylation is 1. The zero-order valence-electron chi connectivity index (χ0n) is 26.1. The van der Waals surface area contributed by atoms with Gasteiger partial charge in [0.25, 0.3) is 0 Å². The predicted molar refractivity (Wildman–Crippen MR) is 173 cm³/mol. The zero-order valence-corrected chi connectivity index (χ0v) is 26.1. The number of carbonyl (C=O) groups is 1. The molecular weight excluding hydrogens is 556 g/mol. The van der Waals surface area contributed by atoms with Gasteiger partial charge in [-0.1, -0.05) is 31.2 Å². The summed E-state index contributed by atoms with van der Waals surface area (Å²) >= 11 is 0. The Kier molecular flexibility index (Phi) is 9.49. The fraction of sp³-hybridized carbons (Fsp3) is 0.412. The minimum atomic E-state index is -0.541. The van der Waals surface area contributed by atoms with Gasteiger partial charge in [-0.25, -0.2) is 19.7 Å². The van der Waals surface area contributed by atoms with E-state index in [-0.39, 0.29) is 12.1 Å². The van der Waals surface area contributed by atoms with Crippen molar-refractivity contribution in [1.29, 1.82) is 0 Å². The largest absolute Gasteiger partial charge is 0.444 e. The molecule has 2 atom stereocenters. The van der Waals surface area contributed by atoms with Crippen LogP contribution in [0.25, 0.3) is 22.0 Å². The Hall–Kier alpha value is -4.44. The number of benzene rings is 2. The van der Waals surface area contributed by atoms with Crippen molar-refractivity contribution in [2.75, 3.05) is 30.3 Å². The van der Waals surface area contributed by atoms with Crippen LogP contribution in [-0.4, -0.2) is 68.4 Å². The second kappa shape index (κ2) is 13.5. The number of nitrogens with zero attached hydrogens (tertiary/aromatic N) is 4. The minimum Gasteiger partial charge on any atom is -0.444 e. The van der Waals surface area contributed by atoms with Gasteiger partial charge in [0.2, 0.25) is 11.8 Å². The lowest BCUT2D eigenvalue weighted by Gasteiger charge is -2.34. The number of anilines is 2. The molecule has 1 fully saturated rings. The van der Waals surface area contributed by atoms with Gasteiger partial charge in [-0.3, -0.25) is 0 Å². The first-order chi connectivity index (χ1) is 21.1. The number of hydrogen-bond acceptors (Lipinski definition) is 9. The highest BCUT2D eigenvalue weighted by molar-refractivity contribution is 5.98. The van der Waals surface area contributed by atoms with Crippen molar-refractivity contribution in [1.82, 2.24) is 19.9 Å². The second-order valence-corrected chi connectivity index (χ2v) is 12.2. The number of amides is 1. The number of rotatable bonds is 9. The molecule has 0 spiro atoms. The van der Waals surface area contributed by atoms with E-state index in [0.29, 0.717) is 49.3 Å². The fourth-order valence-electron chi connectivity index (χ4n) is 5.21. The minimum absolute atomic E-state index is 0.00397. The lowest BCUT2D eigenvalue weighted by Crippen LogP contribution is -2.47. The molecule has 1 amide bonds. The summed E-state index contributed by atoms with van der Waals surface area (Å²) < 4.78 is 12.1. The van der Waals surface area contributed by atoms with Crippen LogP contribution in [0.5, 0.6) is 11.6 Å². The van der Waals surface area contributed by atoms with Gasteiger partial charge in [-0.05, 0) is 76.8 Å². The number of hydrogen-bond donors (Lipinski definition) is 3. The van der Waals surface area contributed by atoms with Crippen LogP contribution in [-0.2, 0) is 4.74 Å². The molecule has 10 nitrogen and oxygen atoms in total. The van der Waals surface area contributed by atoms with E-state index in [0.717, 1.165) is 40.4 Å². The van der Waals surface area contributed by atoms with Crippen molar-refractivity contribution in [2.24, 2.45) is 0 Å². The van der Waals surface area contributed by atoms with Crippen LogP contribution in [0.1, 0.15) is 52.5 Å². The van der Waals surface area contributed by atoms with Crippen LogP contribution < -0.4 is 15.4 Å². The summed E-state index contributed by atoms with van der Waals surface area (Å²) in [5.41, 5.74) is 2.76. The summed E-state index contributed by atoms with van der Waals surface area (Å²) in [6.45, 7) is 11.2. The summed E-state index contributed by atoms with van der Waals surface area (Å²) in [4.78, 5) is 28.2. The smallest absolute Gasteiger partial charge is 0.410 e. The topological polar surface area (TPSA) is 122 Å². The molecule has 0 saturated carbocycles. The third-order valence-electron chi connectivity index (χ3n) is 7.52. The number of likely N-dealkylation sites (tertiary alicyclic amines) is 1. The highest BCUT2D eigenvalue weighted by atomic mass is 16.6. The zero-order chi connectivity index (χ0) is 31.3. The van der Waals surface area contributed by atoms with E-state index in [1.807, 2.05) is 77.1 Å². The first kappa shape index (κ1) is 31.0. The average molecular weight is 599 g/mol. The van der Waals surface area contributed by atoms with Gasteiger partial charge in [0, 0.05) is 54.5 Å². The quantitative estimate of drug-likeness (QED) is 0.191. The first-order valence-corrected chi connectivity index (χ1v) is 15.3. The van der Waals surface area contributed by atoms with Crippen molar-refractivity contribution in [3.63, 3.8) is 0 Å². The summed E-state index contributed by atoms with van der Waals surface area (Å²) in [6.07, 6.45) is 5.12. The Morgan fingerprint density at radius 2 is 1.93 bits per heavy atom. The molecule has 0 bridgehead atoms. The number of nitrogens with one attached hydrogen (secondary N) is 2. The van der Waals surface area contributed by atoms with E-state index in [2.05, 4.69) is 26.7 Å². The van der Waals surface area contributed by atoms with Crippen molar-refractivity contribution in [2.45, 2.75) is 71.6 Å². The first-order valence-electron chi connectivity index (χ1n) is 15.3. The van der Waals surface area contributed by atoms with Crippen molar-refractivity contribution in [3.8, 4) is 22.9 Å². The van der Waals surface area contributed by atoms with Crippen LogP contribution >= 0.6 is 0 Å². The van der Waals surface area contributed by atoms with E-state index in [9.17, 15) is 9.90 Å². The van der Waals surface area contributed by atoms with E-state index >= 15 is 0 Å². The maximum absolute atomic E-state index is 12.6. The molecule has 3 N–H and O–H groups in total. The molecule has 3 heterocycles. The van der Waals surface area contributed by atoms with Gasteiger partial charge in [-0.2, -0.15) is 0 Å². The monoisotopic (exact) mass is 598 g/mol. The van der Waals surface area contributed by atoms with E-state index in [1.165, 1.54) is 0 Å². The van der Waals surface area contributed by atoms with Gasteiger partial charge in [0.15, 0.2) is 0 Å². The Morgan fingerprint density at radius 3 is 2.73 bits per heavy atom. The van der Waals surface area contributed by atoms with E-state index in [4.69, 9.17) is 14.5 Å². The van der Waals surface area contributed by atoms with E-state index in [1.54, 1.807) is 17.3 Å². The number of pyridine rings is 1. The number of aliphatic hydroxyl groups excluding tert-OH is 1. The molecule has 232 valence electrons. The van der Waals surface area contributed by atoms with Gasteiger partial charge >= 0.3 is 6.09 Å². The number of aromatic nitrogens is 3. The normalized spacial score (nSPS) is 16.0. The van der Waals surface area contributed by atoms with Crippen molar-refractivity contribution < 1.29 is 19.4 Å². The van der Waals surface area contributed by atoms with Gasteiger partial charge in [-0.15, -0.1) is 0 Å². The Balaban J connectivity index is 1.37. The predicted octanol–water partition coefficient (Wildman–Crippen LogP) is 6.79. The SMILES string of the molecule is CCC(O)CNc1cccc2c(Oc3ncccc3-c3ccnc(N[C@H]4CCCN(C(=O)OC(C)(C)C)C4)n3)c(C)ccc12. The Morgan fingerprint density at radius 1 is 1.09 bits per heavy atom. The number of carbonyl (C=O) groups excluding carboxylic acids is 1. The van der Waals surface area contributed by atoms with Gasteiger partial charge in [0.05, 0.1) is 17.4 Å². The molecule has 0 aliphatic carbocycles. The van der Waals surface area contributed by atoms with Crippen LogP contribution in [0.4, 0.5) is 16.4 Å². The third-order valence-corrected chi connectivity index (χ3v) is 7.52. The molecule has 0 radical (unpaired) electrons. The number of aliphatic hydroxyl groups is 1.